The van der Waals surface area contributed by atoms with Gasteiger partial charge in [-0.2, -0.15) is 27.5 Å². The van der Waals surface area contributed by atoms with E-state index >= 15 is 0 Å². The van der Waals surface area contributed by atoms with Crippen LogP contribution in [0.25, 0.3) is 0 Å². The van der Waals surface area contributed by atoms with Crippen LogP contribution < -0.4 is 5.54 Å². The molecule has 0 aliphatic rings. The molecule has 7 heteroatoms. The van der Waals surface area contributed by atoms with E-state index in [0.29, 0.717) is 0 Å². The summed E-state index contributed by atoms with van der Waals surface area (Å²) in [5, 5.41) is 0. The smallest absolute Gasteiger partial charge is 0.197 e. The monoisotopic (exact) mass is 165 g/mol. The minimum atomic E-state index is -5.48. The number of rotatable bonds is 1. The second-order valence-corrected chi connectivity index (χ2v) is 1.22. The van der Waals surface area contributed by atoms with E-state index in [9.17, 15) is 26.4 Å². The zero-order valence-corrected chi connectivity index (χ0v) is 4.27. The van der Waals surface area contributed by atoms with E-state index < -0.39 is 18.0 Å². The Morgan fingerprint density at radius 2 is 1.50 bits per heavy atom. The van der Waals surface area contributed by atoms with Gasteiger partial charge in [-0.05, 0) is 0 Å². The lowest BCUT2D eigenvalue weighted by atomic mass is 10.5. The first-order valence-corrected chi connectivity index (χ1v) is 1.88. The molecule has 0 atom stereocenters. The minimum Gasteiger partial charge on any atom is -0.197 e. The highest BCUT2D eigenvalue weighted by atomic mass is 19.4. The largest absolute Gasteiger partial charge is 0.447 e. The molecule has 60 valence electrons. The topological polar surface area (TPSA) is 12.0 Å². The van der Waals surface area contributed by atoms with Gasteiger partial charge in [-0.3, -0.25) is 0 Å². The molecule has 0 saturated carbocycles. The number of hydrogen-bond acceptors (Lipinski definition) is 1. The third-order valence-corrected chi connectivity index (χ3v) is 0.525. The van der Waals surface area contributed by atoms with Crippen molar-refractivity contribution in [2.45, 2.75) is 6.18 Å². The highest BCUT2D eigenvalue weighted by Crippen LogP contribution is 2.28. The summed E-state index contributed by atoms with van der Waals surface area (Å²) in [7, 11) is 0. The van der Waals surface area contributed by atoms with Gasteiger partial charge in [0.15, 0.2) is 0 Å². The number of allylic oxidation sites excluding steroid dienone is 1. The maximum absolute atomic E-state index is 11.4. The van der Waals surface area contributed by atoms with Crippen LogP contribution in [0.1, 0.15) is 0 Å². The Bertz CT molecular complexity index is 146. The van der Waals surface area contributed by atoms with Crippen molar-refractivity contribution >= 4 is 0 Å². The van der Waals surface area contributed by atoms with E-state index in [4.69, 9.17) is 0 Å². The van der Waals surface area contributed by atoms with E-state index in [2.05, 4.69) is 0 Å². The molecule has 0 aliphatic carbocycles. The van der Waals surface area contributed by atoms with E-state index in [1.54, 1.807) is 0 Å². The lowest BCUT2D eigenvalue weighted by Gasteiger charge is -2.01. The van der Waals surface area contributed by atoms with Gasteiger partial charge in [-0.15, -0.1) is 4.48 Å². The van der Waals surface area contributed by atoms with E-state index in [-0.39, 0.29) is 5.54 Å². The van der Waals surface area contributed by atoms with E-state index in [1.807, 2.05) is 0 Å². The van der Waals surface area contributed by atoms with Crippen molar-refractivity contribution in [1.29, 1.82) is 0 Å². The summed E-state index contributed by atoms with van der Waals surface area (Å²) in [5.41, 5.74) is -0.111. The molecule has 0 aliphatic heterocycles. The third-order valence-electron chi connectivity index (χ3n) is 0.525. The normalized spacial score (nSPS) is 14.6. The van der Waals surface area contributed by atoms with Crippen molar-refractivity contribution in [2.75, 3.05) is 0 Å². The van der Waals surface area contributed by atoms with Crippen LogP contribution in [0, 0.1) is 0 Å². The molecule has 0 radical (unpaired) electrons. The summed E-state index contributed by atoms with van der Waals surface area (Å²) in [6.07, 6.45) is -5.48. The van der Waals surface area contributed by atoms with Crippen LogP contribution >= 0.6 is 0 Å². The first-order chi connectivity index (χ1) is 4.39. The highest BCUT2D eigenvalue weighted by Gasteiger charge is 2.38. The summed E-state index contributed by atoms with van der Waals surface area (Å²) < 4.78 is 66.5. The Hall–Kier alpha value is -0.880. The minimum absolute atomic E-state index is 0.111. The molecule has 0 amide bonds. The Morgan fingerprint density at radius 3 is 1.60 bits per heavy atom. The Labute approximate surface area is 51.3 Å². The molecular weight excluding hydrogens is 164 g/mol. The molecule has 0 bridgehead atoms. The predicted octanol–water partition coefficient (Wildman–Crippen LogP) is 2.13. The second kappa shape index (κ2) is 2.80. The molecule has 0 fully saturated rings. The fourth-order valence-corrected chi connectivity index (χ4v) is 0.166. The summed E-state index contributed by atoms with van der Waals surface area (Å²) in [4.78, 5) is 0. The number of nitrogens with one attached hydrogen (secondary N) is 1. The quantitative estimate of drug-likeness (QED) is 0.356. The molecule has 0 heterocycles. The zero-order chi connectivity index (χ0) is 8.36. The maximum atomic E-state index is 11.4. The summed E-state index contributed by atoms with van der Waals surface area (Å²) in [6, 6.07) is 0. The summed E-state index contributed by atoms with van der Waals surface area (Å²) in [5.74, 6) is -5.79. The van der Waals surface area contributed by atoms with Gasteiger partial charge in [0.05, 0.1) is 0 Å². The molecule has 0 aromatic rings. The Balaban J connectivity index is 4.47. The van der Waals surface area contributed by atoms with Gasteiger partial charge in [0.1, 0.15) is 0 Å². The first kappa shape index (κ1) is 9.12. The lowest BCUT2D eigenvalue weighted by Crippen LogP contribution is -2.13. The molecule has 0 aromatic carbocycles. The Kier molecular flexibility index (Phi) is 2.56. The summed E-state index contributed by atoms with van der Waals surface area (Å²) >= 11 is 0. The fraction of sp³-hybridized carbons (Fsp3) is 0.333. The van der Waals surface area contributed by atoms with E-state index in [0.717, 1.165) is 0 Å². The van der Waals surface area contributed by atoms with Crippen molar-refractivity contribution < 1.29 is 26.4 Å². The fourth-order valence-electron chi connectivity index (χ4n) is 0.166. The Morgan fingerprint density at radius 1 is 1.10 bits per heavy atom. The van der Waals surface area contributed by atoms with Gasteiger partial charge in [-0.1, -0.05) is 0 Å². The van der Waals surface area contributed by atoms with Crippen LogP contribution in [0.15, 0.2) is 11.8 Å². The molecule has 0 aromatic heterocycles. The van der Waals surface area contributed by atoms with Crippen LogP contribution in [-0.2, 0) is 0 Å². The van der Waals surface area contributed by atoms with Crippen LogP contribution in [0.3, 0.4) is 0 Å². The second-order valence-electron chi connectivity index (χ2n) is 1.22. The average molecular weight is 165 g/mol. The van der Waals surface area contributed by atoms with E-state index in [1.165, 1.54) is 0 Å². The lowest BCUT2D eigenvalue weighted by molar-refractivity contribution is -0.112. The maximum Gasteiger partial charge on any atom is 0.447 e. The van der Waals surface area contributed by atoms with Gasteiger partial charge in [-0.25, -0.2) is 0 Å². The standard InChI is InChI=1S/C3HF6N/c4-1(2(5)10-9)3(6,7)8/h10H/b2-1-. The number of alkyl halides is 3. The van der Waals surface area contributed by atoms with Crippen LogP contribution in [0.5, 0.6) is 0 Å². The summed E-state index contributed by atoms with van der Waals surface area (Å²) in [6.45, 7) is 0. The van der Waals surface area contributed by atoms with Crippen LogP contribution in [0.2, 0.25) is 0 Å². The van der Waals surface area contributed by atoms with Crippen molar-refractivity contribution in [1.82, 2.24) is 5.54 Å². The van der Waals surface area contributed by atoms with Crippen molar-refractivity contribution in [3.05, 3.63) is 11.8 Å². The van der Waals surface area contributed by atoms with Gasteiger partial charge in [0.25, 0.3) is 11.8 Å². The van der Waals surface area contributed by atoms with Crippen molar-refractivity contribution in [2.24, 2.45) is 0 Å². The molecular formula is C3HF6N. The molecule has 0 spiro atoms. The van der Waals surface area contributed by atoms with Gasteiger partial charge < -0.3 is 0 Å². The highest BCUT2D eigenvalue weighted by molar-refractivity contribution is 5.02. The SMILES string of the molecule is FN/C(F)=C(\F)C(F)(F)F. The van der Waals surface area contributed by atoms with Crippen molar-refractivity contribution in [3.8, 4) is 0 Å². The first-order valence-electron chi connectivity index (χ1n) is 1.88. The molecule has 0 unspecified atom stereocenters. The number of hydrogen-bond donors (Lipinski definition) is 1. The zero-order valence-electron chi connectivity index (χ0n) is 4.27. The molecule has 10 heavy (non-hydrogen) atoms. The third kappa shape index (κ3) is 2.16. The average Bonchev–Trinajstić information content (AvgIpc) is 1.83. The van der Waals surface area contributed by atoms with Crippen LogP contribution in [-0.4, -0.2) is 6.18 Å². The number of halogens is 6. The predicted molar refractivity (Wildman–Crippen MR) is 19.5 cm³/mol. The molecule has 1 N–H and O–H groups in total. The van der Waals surface area contributed by atoms with Gasteiger partial charge >= 0.3 is 6.18 Å². The molecule has 1 nitrogen and oxygen atoms in total. The van der Waals surface area contributed by atoms with Gasteiger partial charge in [0, 0.05) is 0 Å². The van der Waals surface area contributed by atoms with Crippen LogP contribution in [0.4, 0.5) is 26.4 Å². The van der Waals surface area contributed by atoms with Gasteiger partial charge in [0.2, 0.25) is 0 Å². The molecule has 0 saturated heterocycles. The molecule has 0 rings (SSSR count). The van der Waals surface area contributed by atoms with Crippen molar-refractivity contribution in [3.63, 3.8) is 0 Å².